The number of ether oxygens (including phenoxy) is 1. The van der Waals surface area contributed by atoms with Crippen LogP contribution in [0.15, 0.2) is 12.2 Å². The van der Waals surface area contributed by atoms with Gasteiger partial charge in [0.1, 0.15) is 0 Å². The van der Waals surface area contributed by atoms with Crippen molar-refractivity contribution >= 4 is 0 Å². The maximum absolute atomic E-state index is 5.53. The molecule has 1 saturated carbocycles. The highest BCUT2D eigenvalue weighted by molar-refractivity contribution is 4.88. The Morgan fingerprint density at radius 1 is 1.43 bits per heavy atom. The highest BCUT2D eigenvalue weighted by Gasteiger charge is 2.20. The van der Waals surface area contributed by atoms with Gasteiger partial charge >= 0.3 is 0 Å². The van der Waals surface area contributed by atoms with Crippen molar-refractivity contribution in [2.24, 2.45) is 5.92 Å². The van der Waals surface area contributed by atoms with Gasteiger partial charge in [0.05, 0.1) is 0 Å². The SMILES string of the molecule is C=C(C)CCNCCCOCC1CC1. The van der Waals surface area contributed by atoms with Crippen LogP contribution in [0.2, 0.25) is 0 Å². The molecule has 1 aliphatic carbocycles. The van der Waals surface area contributed by atoms with Crippen molar-refractivity contribution in [3.05, 3.63) is 12.2 Å². The first-order chi connectivity index (χ1) is 6.79. The van der Waals surface area contributed by atoms with Crippen molar-refractivity contribution in [1.82, 2.24) is 5.32 Å². The second-order valence-electron chi connectivity index (χ2n) is 4.33. The third kappa shape index (κ3) is 7.10. The Morgan fingerprint density at radius 3 is 2.86 bits per heavy atom. The molecule has 0 aliphatic heterocycles. The average molecular weight is 197 g/mol. The van der Waals surface area contributed by atoms with Crippen LogP contribution in [0.1, 0.15) is 32.6 Å². The molecule has 2 nitrogen and oxygen atoms in total. The number of nitrogens with one attached hydrogen (secondary N) is 1. The van der Waals surface area contributed by atoms with E-state index in [0.29, 0.717) is 0 Å². The van der Waals surface area contributed by atoms with Crippen molar-refractivity contribution in [2.75, 3.05) is 26.3 Å². The summed E-state index contributed by atoms with van der Waals surface area (Å²) in [6, 6.07) is 0. The molecular formula is C12H23NO. The third-order valence-electron chi connectivity index (χ3n) is 2.42. The molecule has 0 aromatic heterocycles. The van der Waals surface area contributed by atoms with Crippen LogP contribution in [-0.4, -0.2) is 26.3 Å². The summed E-state index contributed by atoms with van der Waals surface area (Å²) in [5.74, 6) is 0.895. The molecule has 0 atom stereocenters. The van der Waals surface area contributed by atoms with Gasteiger partial charge < -0.3 is 10.1 Å². The van der Waals surface area contributed by atoms with Crippen LogP contribution in [0.3, 0.4) is 0 Å². The fourth-order valence-electron chi connectivity index (χ4n) is 1.26. The highest BCUT2D eigenvalue weighted by Crippen LogP contribution is 2.28. The largest absolute Gasteiger partial charge is 0.381 e. The summed E-state index contributed by atoms with van der Waals surface area (Å²) in [6.45, 7) is 9.96. The molecule has 1 fully saturated rings. The molecule has 0 aromatic rings. The zero-order chi connectivity index (χ0) is 10.2. The fraction of sp³-hybridized carbons (Fsp3) is 0.833. The van der Waals surface area contributed by atoms with E-state index in [-0.39, 0.29) is 0 Å². The zero-order valence-electron chi connectivity index (χ0n) is 9.35. The van der Waals surface area contributed by atoms with Crippen LogP contribution < -0.4 is 5.32 Å². The summed E-state index contributed by atoms with van der Waals surface area (Å²) >= 11 is 0. The van der Waals surface area contributed by atoms with Crippen LogP contribution in [0, 0.1) is 5.92 Å². The molecule has 2 heteroatoms. The average Bonchev–Trinajstić information content (AvgIpc) is 2.92. The van der Waals surface area contributed by atoms with E-state index in [2.05, 4.69) is 18.8 Å². The van der Waals surface area contributed by atoms with Gasteiger partial charge in [-0.2, -0.15) is 0 Å². The normalized spacial score (nSPS) is 15.8. The zero-order valence-corrected chi connectivity index (χ0v) is 9.35. The van der Waals surface area contributed by atoms with E-state index in [1.165, 1.54) is 18.4 Å². The highest BCUT2D eigenvalue weighted by atomic mass is 16.5. The lowest BCUT2D eigenvalue weighted by atomic mass is 10.2. The van der Waals surface area contributed by atoms with Crippen LogP contribution in [0.5, 0.6) is 0 Å². The van der Waals surface area contributed by atoms with E-state index in [9.17, 15) is 0 Å². The first kappa shape index (κ1) is 11.7. The lowest BCUT2D eigenvalue weighted by molar-refractivity contribution is 0.122. The molecule has 1 rings (SSSR count). The Kier molecular flexibility index (Phi) is 5.88. The van der Waals surface area contributed by atoms with Gasteiger partial charge in [0.25, 0.3) is 0 Å². The predicted octanol–water partition coefficient (Wildman–Crippen LogP) is 2.36. The molecule has 0 unspecified atom stereocenters. The van der Waals surface area contributed by atoms with Crippen LogP contribution in [0.4, 0.5) is 0 Å². The molecule has 0 saturated heterocycles. The van der Waals surface area contributed by atoms with Gasteiger partial charge in [-0.3, -0.25) is 0 Å². The molecule has 0 spiro atoms. The minimum Gasteiger partial charge on any atom is -0.381 e. The Morgan fingerprint density at radius 2 is 2.21 bits per heavy atom. The molecular weight excluding hydrogens is 174 g/mol. The van der Waals surface area contributed by atoms with E-state index in [1.807, 2.05) is 0 Å². The molecule has 0 bridgehead atoms. The molecule has 0 aromatic carbocycles. The molecule has 14 heavy (non-hydrogen) atoms. The topological polar surface area (TPSA) is 21.3 Å². The molecule has 1 aliphatic rings. The van der Waals surface area contributed by atoms with Crippen molar-refractivity contribution in [2.45, 2.75) is 32.6 Å². The third-order valence-corrected chi connectivity index (χ3v) is 2.42. The van der Waals surface area contributed by atoms with Crippen LogP contribution >= 0.6 is 0 Å². The lowest BCUT2D eigenvalue weighted by Crippen LogP contribution is -2.18. The van der Waals surface area contributed by atoms with Gasteiger partial charge in [-0.05, 0) is 51.6 Å². The maximum Gasteiger partial charge on any atom is 0.0494 e. The minimum atomic E-state index is 0.895. The van der Waals surface area contributed by atoms with E-state index >= 15 is 0 Å². The molecule has 82 valence electrons. The molecule has 0 radical (unpaired) electrons. The molecule has 0 heterocycles. The number of hydrogen-bond acceptors (Lipinski definition) is 2. The van der Waals surface area contributed by atoms with E-state index in [4.69, 9.17) is 4.74 Å². The number of hydrogen-bond donors (Lipinski definition) is 1. The monoisotopic (exact) mass is 197 g/mol. The van der Waals surface area contributed by atoms with Gasteiger partial charge in [-0.25, -0.2) is 0 Å². The standard InChI is InChI=1S/C12H23NO/c1-11(2)6-8-13-7-3-9-14-10-12-4-5-12/h12-13H,1,3-10H2,2H3. The van der Waals surface area contributed by atoms with Gasteiger partial charge in [0.2, 0.25) is 0 Å². The number of rotatable bonds is 9. The van der Waals surface area contributed by atoms with Crippen LogP contribution in [-0.2, 0) is 4.74 Å². The van der Waals surface area contributed by atoms with Gasteiger partial charge in [-0.1, -0.05) is 5.57 Å². The lowest BCUT2D eigenvalue weighted by Gasteiger charge is -2.05. The first-order valence-corrected chi connectivity index (χ1v) is 5.72. The predicted molar refractivity (Wildman–Crippen MR) is 60.5 cm³/mol. The van der Waals surface area contributed by atoms with Gasteiger partial charge in [0.15, 0.2) is 0 Å². The van der Waals surface area contributed by atoms with E-state index in [1.54, 1.807) is 0 Å². The molecule has 0 amide bonds. The summed E-state index contributed by atoms with van der Waals surface area (Å²) in [5.41, 5.74) is 1.25. The van der Waals surface area contributed by atoms with E-state index in [0.717, 1.165) is 45.1 Å². The van der Waals surface area contributed by atoms with Crippen molar-refractivity contribution < 1.29 is 4.74 Å². The smallest absolute Gasteiger partial charge is 0.0494 e. The Balaban J connectivity index is 1.68. The summed E-state index contributed by atoms with van der Waals surface area (Å²) in [6.07, 6.45) is 4.99. The van der Waals surface area contributed by atoms with Crippen LogP contribution in [0.25, 0.3) is 0 Å². The fourth-order valence-corrected chi connectivity index (χ4v) is 1.26. The van der Waals surface area contributed by atoms with Gasteiger partial charge in [0, 0.05) is 13.2 Å². The summed E-state index contributed by atoms with van der Waals surface area (Å²) in [5, 5.41) is 3.38. The Bertz CT molecular complexity index is 164. The first-order valence-electron chi connectivity index (χ1n) is 5.72. The Labute approximate surface area is 87.7 Å². The summed E-state index contributed by atoms with van der Waals surface area (Å²) in [7, 11) is 0. The van der Waals surface area contributed by atoms with Crippen molar-refractivity contribution in [1.29, 1.82) is 0 Å². The second kappa shape index (κ2) is 7.02. The van der Waals surface area contributed by atoms with E-state index < -0.39 is 0 Å². The van der Waals surface area contributed by atoms with Gasteiger partial charge in [-0.15, -0.1) is 6.58 Å². The minimum absolute atomic E-state index is 0.895. The van der Waals surface area contributed by atoms with Crippen molar-refractivity contribution in [3.63, 3.8) is 0 Å². The molecule has 1 N–H and O–H groups in total. The van der Waals surface area contributed by atoms with Crippen molar-refractivity contribution in [3.8, 4) is 0 Å². The summed E-state index contributed by atoms with van der Waals surface area (Å²) < 4.78 is 5.53. The quantitative estimate of drug-likeness (QED) is 0.452. The maximum atomic E-state index is 5.53. The summed E-state index contributed by atoms with van der Waals surface area (Å²) in [4.78, 5) is 0. The second-order valence-corrected chi connectivity index (χ2v) is 4.33. The Hall–Kier alpha value is -0.340.